The number of thiol groups is 1. The number of carbonyl (C=O) groups excluding carboxylic acids is 1. The highest BCUT2D eigenvalue weighted by Gasteiger charge is 2.16. The fourth-order valence-electron chi connectivity index (χ4n) is 0.559. The van der Waals surface area contributed by atoms with E-state index in [-0.39, 0.29) is 11.8 Å². The van der Waals surface area contributed by atoms with E-state index in [0.29, 0.717) is 12.3 Å². The van der Waals surface area contributed by atoms with Crippen molar-refractivity contribution < 1.29 is 9.90 Å². The maximum Gasteiger partial charge on any atom is 0.225 e. The number of hydrogen-bond acceptors (Lipinski definition) is 3. The van der Waals surface area contributed by atoms with Crippen LogP contribution < -0.4 is 5.32 Å². The Hall–Kier alpha value is -0.220. The monoisotopic (exact) mass is 177 g/mol. The van der Waals surface area contributed by atoms with Crippen LogP contribution in [-0.2, 0) is 4.79 Å². The van der Waals surface area contributed by atoms with Gasteiger partial charge in [0.05, 0.1) is 12.0 Å². The van der Waals surface area contributed by atoms with Crippen LogP contribution in [0.5, 0.6) is 0 Å². The maximum atomic E-state index is 11.0. The lowest BCUT2D eigenvalue weighted by atomic mass is 10.1. The van der Waals surface area contributed by atoms with Gasteiger partial charge in [0.25, 0.3) is 0 Å². The van der Waals surface area contributed by atoms with E-state index in [2.05, 4.69) is 17.9 Å². The molecule has 0 aromatic rings. The van der Waals surface area contributed by atoms with Gasteiger partial charge >= 0.3 is 0 Å². The zero-order valence-electron chi connectivity index (χ0n) is 6.87. The molecule has 0 aliphatic rings. The first kappa shape index (κ1) is 10.8. The molecule has 0 aliphatic heterocycles. The smallest absolute Gasteiger partial charge is 0.225 e. The van der Waals surface area contributed by atoms with E-state index < -0.39 is 6.10 Å². The van der Waals surface area contributed by atoms with Crippen molar-refractivity contribution in [3.63, 3.8) is 0 Å². The average molecular weight is 177 g/mol. The Balaban J connectivity index is 3.64. The molecule has 0 fully saturated rings. The standard InChI is InChI=1S/C7H15NO2S/c1-5(6(2)9)7(10)8-3-4-11/h5-6,9,11H,3-4H2,1-2H3,(H,8,10)/t5-,6-/m1/s1. The third-order valence-electron chi connectivity index (χ3n) is 1.55. The van der Waals surface area contributed by atoms with E-state index in [1.54, 1.807) is 13.8 Å². The summed E-state index contributed by atoms with van der Waals surface area (Å²) in [6.45, 7) is 3.85. The van der Waals surface area contributed by atoms with E-state index in [4.69, 9.17) is 5.11 Å². The third-order valence-corrected chi connectivity index (χ3v) is 1.77. The summed E-state index contributed by atoms with van der Waals surface area (Å²) in [6, 6.07) is 0. The highest BCUT2D eigenvalue weighted by molar-refractivity contribution is 7.80. The average Bonchev–Trinajstić information content (AvgIpc) is 1.98. The lowest BCUT2D eigenvalue weighted by molar-refractivity contribution is -0.127. The molecule has 0 unspecified atom stereocenters. The molecule has 0 bridgehead atoms. The van der Waals surface area contributed by atoms with Crippen molar-refractivity contribution in [2.45, 2.75) is 20.0 Å². The van der Waals surface area contributed by atoms with Gasteiger partial charge in [-0.15, -0.1) is 0 Å². The molecule has 0 aromatic carbocycles. The quantitative estimate of drug-likeness (QED) is 0.531. The summed E-state index contributed by atoms with van der Waals surface area (Å²) in [5, 5.41) is 11.6. The van der Waals surface area contributed by atoms with Crippen molar-refractivity contribution in [1.29, 1.82) is 0 Å². The number of carbonyl (C=O) groups is 1. The Bertz CT molecular complexity index is 128. The van der Waals surface area contributed by atoms with Crippen LogP contribution in [-0.4, -0.2) is 29.4 Å². The van der Waals surface area contributed by atoms with Crippen LogP contribution in [0.15, 0.2) is 0 Å². The Kier molecular flexibility index (Phi) is 5.32. The largest absolute Gasteiger partial charge is 0.393 e. The minimum atomic E-state index is -0.588. The van der Waals surface area contributed by atoms with Gasteiger partial charge in [-0.05, 0) is 6.92 Å². The van der Waals surface area contributed by atoms with E-state index in [9.17, 15) is 4.79 Å². The van der Waals surface area contributed by atoms with Crippen LogP contribution in [0.4, 0.5) is 0 Å². The summed E-state index contributed by atoms with van der Waals surface area (Å²) >= 11 is 3.94. The summed E-state index contributed by atoms with van der Waals surface area (Å²) in [6.07, 6.45) is -0.588. The number of aliphatic hydroxyl groups is 1. The van der Waals surface area contributed by atoms with Gasteiger partial charge < -0.3 is 10.4 Å². The van der Waals surface area contributed by atoms with Crippen LogP contribution >= 0.6 is 12.6 Å². The first-order chi connectivity index (χ1) is 5.09. The lowest BCUT2D eigenvalue weighted by Gasteiger charge is -2.13. The molecule has 1 amide bonds. The minimum Gasteiger partial charge on any atom is -0.393 e. The first-order valence-corrected chi connectivity index (χ1v) is 4.29. The second kappa shape index (κ2) is 5.43. The molecule has 0 radical (unpaired) electrons. The first-order valence-electron chi connectivity index (χ1n) is 3.66. The zero-order valence-corrected chi connectivity index (χ0v) is 7.77. The Morgan fingerprint density at radius 1 is 1.64 bits per heavy atom. The molecular weight excluding hydrogens is 162 g/mol. The van der Waals surface area contributed by atoms with Crippen LogP contribution in [0, 0.1) is 5.92 Å². The molecule has 0 spiro atoms. The normalized spacial score (nSPS) is 15.6. The van der Waals surface area contributed by atoms with Gasteiger partial charge in [0, 0.05) is 12.3 Å². The molecule has 0 aromatic heterocycles. The van der Waals surface area contributed by atoms with Gasteiger partial charge in [-0.3, -0.25) is 4.79 Å². The third kappa shape index (κ3) is 4.27. The SMILES string of the molecule is C[C@@H](O)[C@@H](C)C(=O)NCCS. The molecular formula is C7H15NO2S. The van der Waals surface area contributed by atoms with Gasteiger partial charge in [0.15, 0.2) is 0 Å². The van der Waals surface area contributed by atoms with Gasteiger partial charge in [-0.1, -0.05) is 6.92 Å². The number of rotatable bonds is 4. The second-order valence-electron chi connectivity index (χ2n) is 2.54. The van der Waals surface area contributed by atoms with Crippen molar-refractivity contribution in [1.82, 2.24) is 5.32 Å². The summed E-state index contributed by atoms with van der Waals surface area (Å²) in [5.74, 6) is 0.169. The van der Waals surface area contributed by atoms with E-state index in [0.717, 1.165) is 0 Å². The molecule has 0 saturated heterocycles. The molecule has 2 atom stereocenters. The summed E-state index contributed by atoms with van der Waals surface area (Å²) < 4.78 is 0. The highest BCUT2D eigenvalue weighted by Crippen LogP contribution is 2.00. The van der Waals surface area contributed by atoms with Gasteiger partial charge in [0.1, 0.15) is 0 Å². The molecule has 4 heteroatoms. The summed E-state index contributed by atoms with van der Waals surface area (Å²) in [5.41, 5.74) is 0. The second-order valence-corrected chi connectivity index (χ2v) is 2.99. The van der Waals surface area contributed by atoms with Gasteiger partial charge in [-0.2, -0.15) is 12.6 Å². The van der Waals surface area contributed by atoms with Gasteiger partial charge in [0.2, 0.25) is 5.91 Å². The predicted molar refractivity (Wildman–Crippen MR) is 47.7 cm³/mol. The molecule has 66 valence electrons. The molecule has 0 aliphatic carbocycles. The van der Waals surface area contributed by atoms with Crippen molar-refractivity contribution in [2.75, 3.05) is 12.3 Å². The maximum absolute atomic E-state index is 11.0. The number of hydrogen-bond donors (Lipinski definition) is 3. The zero-order chi connectivity index (χ0) is 8.85. The van der Waals surface area contributed by atoms with Crippen molar-refractivity contribution >= 4 is 18.5 Å². The number of nitrogens with one attached hydrogen (secondary N) is 1. The Morgan fingerprint density at radius 2 is 2.18 bits per heavy atom. The lowest BCUT2D eigenvalue weighted by Crippen LogP contribution is -2.35. The van der Waals surface area contributed by atoms with Crippen LogP contribution in [0.3, 0.4) is 0 Å². The number of amides is 1. The van der Waals surface area contributed by atoms with Crippen molar-refractivity contribution in [3.05, 3.63) is 0 Å². The summed E-state index contributed by atoms with van der Waals surface area (Å²) in [7, 11) is 0. The molecule has 0 saturated carbocycles. The Labute approximate surface area is 72.6 Å². The molecule has 0 rings (SSSR count). The highest BCUT2D eigenvalue weighted by atomic mass is 32.1. The fourth-order valence-corrected chi connectivity index (χ4v) is 0.671. The van der Waals surface area contributed by atoms with E-state index >= 15 is 0 Å². The van der Waals surface area contributed by atoms with Crippen LogP contribution in [0.2, 0.25) is 0 Å². The summed E-state index contributed by atoms with van der Waals surface area (Å²) in [4.78, 5) is 11.0. The number of aliphatic hydroxyl groups excluding tert-OH is 1. The van der Waals surface area contributed by atoms with E-state index in [1.165, 1.54) is 0 Å². The topological polar surface area (TPSA) is 49.3 Å². The minimum absolute atomic E-state index is 0.117. The van der Waals surface area contributed by atoms with Crippen LogP contribution in [0.1, 0.15) is 13.8 Å². The predicted octanol–water partition coefficient (Wildman–Crippen LogP) is 0.0493. The molecule has 11 heavy (non-hydrogen) atoms. The van der Waals surface area contributed by atoms with Crippen LogP contribution in [0.25, 0.3) is 0 Å². The van der Waals surface area contributed by atoms with E-state index in [1.807, 2.05) is 0 Å². The van der Waals surface area contributed by atoms with Gasteiger partial charge in [-0.25, -0.2) is 0 Å². The molecule has 3 nitrogen and oxygen atoms in total. The Morgan fingerprint density at radius 3 is 2.55 bits per heavy atom. The molecule has 2 N–H and O–H groups in total. The van der Waals surface area contributed by atoms with Crippen molar-refractivity contribution in [3.8, 4) is 0 Å². The molecule has 0 heterocycles. The fraction of sp³-hybridized carbons (Fsp3) is 0.857. The van der Waals surface area contributed by atoms with Crippen molar-refractivity contribution in [2.24, 2.45) is 5.92 Å².